The van der Waals surface area contributed by atoms with Crippen LogP contribution < -0.4 is 5.32 Å². The standard InChI is InChI=1S/C15H21F2NO/c1-15(6-8-19-9-7-15)11-18-10-12-2-4-13(5-3-12)14(16)17/h2-5,14,18H,6-11H2,1H3. The first kappa shape index (κ1) is 14.4. The van der Waals surface area contributed by atoms with Crippen LogP contribution in [0.15, 0.2) is 24.3 Å². The Balaban J connectivity index is 1.79. The summed E-state index contributed by atoms with van der Waals surface area (Å²) in [7, 11) is 0. The molecule has 0 spiro atoms. The lowest BCUT2D eigenvalue weighted by Gasteiger charge is -2.33. The van der Waals surface area contributed by atoms with Gasteiger partial charge in [-0.3, -0.25) is 0 Å². The van der Waals surface area contributed by atoms with Crippen molar-refractivity contribution in [2.24, 2.45) is 5.41 Å². The number of hydrogen-bond acceptors (Lipinski definition) is 2. The number of nitrogens with one attached hydrogen (secondary N) is 1. The van der Waals surface area contributed by atoms with Crippen LogP contribution in [0.4, 0.5) is 8.78 Å². The highest BCUT2D eigenvalue weighted by Crippen LogP contribution is 2.28. The van der Waals surface area contributed by atoms with Gasteiger partial charge in [-0.05, 0) is 23.8 Å². The minimum absolute atomic E-state index is 0.0835. The van der Waals surface area contributed by atoms with Crippen LogP contribution >= 0.6 is 0 Å². The van der Waals surface area contributed by atoms with Gasteiger partial charge in [-0.25, -0.2) is 8.78 Å². The van der Waals surface area contributed by atoms with Gasteiger partial charge in [-0.15, -0.1) is 0 Å². The highest BCUT2D eigenvalue weighted by molar-refractivity contribution is 5.23. The van der Waals surface area contributed by atoms with Crippen LogP contribution in [0.1, 0.15) is 37.3 Å². The SMILES string of the molecule is CC1(CNCc2ccc(C(F)F)cc2)CCOCC1. The Morgan fingerprint density at radius 1 is 1.21 bits per heavy atom. The topological polar surface area (TPSA) is 21.3 Å². The zero-order valence-corrected chi connectivity index (χ0v) is 11.3. The molecule has 4 heteroatoms. The van der Waals surface area contributed by atoms with Crippen molar-refractivity contribution >= 4 is 0 Å². The van der Waals surface area contributed by atoms with Crippen molar-refractivity contribution in [3.63, 3.8) is 0 Å². The average molecular weight is 269 g/mol. The minimum Gasteiger partial charge on any atom is -0.381 e. The molecule has 1 fully saturated rings. The van der Waals surface area contributed by atoms with E-state index in [-0.39, 0.29) is 5.56 Å². The monoisotopic (exact) mass is 269 g/mol. The van der Waals surface area contributed by atoms with E-state index in [0.717, 1.165) is 44.7 Å². The number of alkyl halides is 2. The Kier molecular flexibility index (Phi) is 4.88. The molecule has 1 aromatic rings. The number of ether oxygens (including phenoxy) is 1. The summed E-state index contributed by atoms with van der Waals surface area (Å²) in [5.41, 5.74) is 1.42. The molecule has 0 bridgehead atoms. The third kappa shape index (κ3) is 4.25. The van der Waals surface area contributed by atoms with Crippen LogP contribution in [-0.4, -0.2) is 19.8 Å². The quantitative estimate of drug-likeness (QED) is 0.883. The molecule has 0 unspecified atom stereocenters. The number of hydrogen-bond donors (Lipinski definition) is 1. The van der Waals surface area contributed by atoms with E-state index in [1.165, 1.54) is 12.1 Å². The molecule has 19 heavy (non-hydrogen) atoms. The fourth-order valence-electron chi connectivity index (χ4n) is 2.33. The van der Waals surface area contributed by atoms with E-state index in [0.29, 0.717) is 5.41 Å². The van der Waals surface area contributed by atoms with Crippen molar-refractivity contribution in [2.45, 2.75) is 32.7 Å². The van der Waals surface area contributed by atoms with E-state index in [2.05, 4.69) is 12.2 Å². The van der Waals surface area contributed by atoms with E-state index >= 15 is 0 Å². The largest absolute Gasteiger partial charge is 0.381 e. The second-order valence-electron chi connectivity index (χ2n) is 5.57. The maximum Gasteiger partial charge on any atom is 0.263 e. The first-order valence-corrected chi connectivity index (χ1v) is 6.75. The van der Waals surface area contributed by atoms with Crippen molar-refractivity contribution < 1.29 is 13.5 Å². The molecule has 1 heterocycles. The lowest BCUT2D eigenvalue weighted by atomic mass is 9.82. The van der Waals surface area contributed by atoms with Crippen molar-refractivity contribution in [3.8, 4) is 0 Å². The fraction of sp³-hybridized carbons (Fsp3) is 0.600. The predicted octanol–water partition coefficient (Wildman–Crippen LogP) is 3.53. The molecule has 1 aromatic carbocycles. The molecule has 0 aliphatic carbocycles. The Morgan fingerprint density at radius 3 is 2.42 bits per heavy atom. The molecular formula is C15H21F2NO. The number of halogens is 2. The van der Waals surface area contributed by atoms with Gasteiger partial charge < -0.3 is 10.1 Å². The molecule has 0 aromatic heterocycles. The molecule has 1 saturated heterocycles. The van der Waals surface area contributed by atoms with Gasteiger partial charge in [-0.2, -0.15) is 0 Å². The van der Waals surface area contributed by atoms with Gasteiger partial charge in [0.2, 0.25) is 0 Å². The first-order valence-electron chi connectivity index (χ1n) is 6.75. The summed E-state index contributed by atoms with van der Waals surface area (Å²) in [4.78, 5) is 0. The molecule has 1 N–H and O–H groups in total. The van der Waals surface area contributed by atoms with E-state index in [4.69, 9.17) is 4.74 Å². The molecule has 0 saturated carbocycles. The smallest absolute Gasteiger partial charge is 0.263 e. The lowest BCUT2D eigenvalue weighted by Crippen LogP contribution is -2.36. The summed E-state index contributed by atoms with van der Waals surface area (Å²) >= 11 is 0. The van der Waals surface area contributed by atoms with E-state index in [1.54, 1.807) is 12.1 Å². The van der Waals surface area contributed by atoms with Crippen molar-refractivity contribution in [2.75, 3.05) is 19.8 Å². The van der Waals surface area contributed by atoms with Gasteiger partial charge in [0.1, 0.15) is 0 Å². The minimum atomic E-state index is -2.39. The van der Waals surface area contributed by atoms with Gasteiger partial charge >= 0.3 is 0 Å². The maximum absolute atomic E-state index is 12.4. The Bertz CT molecular complexity index is 386. The van der Waals surface area contributed by atoms with Gasteiger partial charge in [0.05, 0.1) is 0 Å². The van der Waals surface area contributed by atoms with Gasteiger partial charge in [0, 0.05) is 31.9 Å². The van der Waals surface area contributed by atoms with Crippen LogP contribution in [0.5, 0.6) is 0 Å². The van der Waals surface area contributed by atoms with Gasteiger partial charge in [0.15, 0.2) is 0 Å². The highest BCUT2D eigenvalue weighted by Gasteiger charge is 2.26. The second kappa shape index (κ2) is 6.44. The van der Waals surface area contributed by atoms with Crippen molar-refractivity contribution in [1.29, 1.82) is 0 Å². The second-order valence-corrected chi connectivity index (χ2v) is 5.57. The summed E-state index contributed by atoms with van der Waals surface area (Å²) in [6, 6.07) is 6.53. The lowest BCUT2D eigenvalue weighted by molar-refractivity contribution is 0.0240. The molecule has 0 radical (unpaired) electrons. The normalized spacial score (nSPS) is 18.7. The van der Waals surface area contributed by atoms with Gasteiger partial charge in [-0.1, -0.05) is 31.2 Å². The van der Waals surface area contributed by atoms with Crippen LogP contribution in [0.25, 0.3) is 0 Å². The van der Waals surface area contributed by atoms with E-state index in [9.17, 15) is 8.78 Å². The predicted molar refractivity (Wildman–Crippen MR) is 71.3 cm³/mol. The third-order valence-electron chi connectivity index (χ3n) is 3.81. The molecule has 2 nitrogen and oxygen atoms in total. The molecule has 1 aliphatic rings. The summed E-state index contributed by atoms with van der Waals surface area (Å²) in [5, 5.41) is 3.42. The Hall–Kier alpha value is -1.00. The molecule has 2 rings (SSSR count). The van der Waals surface area contributed by atoms with E-state index in [1.807, 2.05) is 0 Å². The van der Waals surface area contributed by atoms with Crippen molar-refractivity contribution in [3.05, 3.63) is 35.4 Å². The fourth-order valence-corrected chi connectivity index (χ4v) is 2.33. The number of rotatable bonds is 5. The molecule has 0 atom stereocenters. The number of benzene rings is 1. The molecule has 0 amide bonds. The highest BCUT2D eigenvalue weighted by atomic mass is 19.3. The summed E-state index contributed by atoms with van der Waals surface area (Å²) in [6.07, 6.45) is -0.239. The zero-order valence-electron chi connectivity index (χ0n) is 11.3. The molecular weight excluding hydrogens is 248 g/mol. The Morgan fingerprint density at radius 2 is 1.84 bits per heavy atom. The Labute approximate surface area is 113 Å². The van der Waals surface area contributed by atoms with Crippen molar-refractivity contribution in [1.82, 2.24) is 5.32 Å². The maximum atomic E-state index is 12.4. The molecule has 1 aliphatic heterocycles. The zero-order chi connectivity index (χ0) is 13.7. The van der Waals surface area contributed by atoms with Crippen LogP contribution in [0, 0.1) is 5.41 Å². The molecule has 106 valence electrons. The first-order chi connectivity index (χ1) is 9.09. The average Bonchev–Trinajstić information content (AvgIpc) is 2.40. The summed E-state index contributed by atoms with van der Waals surface area (Å²) < 4.78 is 30.2. The third-order valence-corrected chi connectivity index (χ3v) is 3.81. The van der Waals surface area contributed by atoms with E-state index < -0.39 is 6.43 Å². The van der Waals surface area contributed by atoms with Crippen LogP contribution in [0.2, 0.25) is 0 Å². The van der Waals surface area contributed by atoms with Gasteiger partial charge in [0.25, 0.3) is 6.43 Å². The van der Waals surface area contributed by atoms with Crippen LogP contribution in [-0.2, 0) is 11.3 Å². The van der Waals surface area contributed by atoms with Crippen LogP contribution in [0.3, 0.4) is 0 Å². The summed E-state index contributed by atoms with van der Waals surface area (Å²) in [6.45, 7) is 5.60. The summed E-state index contributed by atoms with van der Waals surface area (Å²) in [5.74, 6) is 0.